The van der Waals surface area contributed by atoms with Crippen LogP contribution in [0.5, 0.6) is 0 Å². The summed E-state index contributed by atoms with van der Waals surface area (Å²) in [5.41, 5.74) is 0. The second-order valence-corrected chi connectivity index (χ2v) is 19.0. The van der Waals surface area contributed by atoms with Gasteiger partial charge in [0.25, 0.3) is 0 Å². The van der Waals surface area contributed by atoms with Crippen molar-refractivity contribution in [2.45, 2.75) is 295 Å². The van der Waals surface area contributed by atoms with Crippen molar-refractivity contribution in [3.63, 3.8) is 0 Å². The number of ether oxygens (including phenoxy) is 4. The van der Waals surface area contributed by atoms with Crippen molar-refractivity contribution in [3.05, 3.63) is 24.3 Å². The van der Waals surface area contributed by atoms with Gasteiger partial charge in [0.1, 0.15) is 31.0 Å². The van der Waals surface area contributed by atoms with Crippen LogP contribution in [0.2, 0.25) is 0 Å². The average Bonchev–Trinajstić information content (AvgIpc) is 3.30. The number of esters is 2. The first-order valence-corrected chi connectivity index (χ1v) is 27.4. The van der Waals surface area contributed by atoms with E-state index in [0.29, 0.717) is 6.42 Å². The lowest BCUT2D eigenvalue weighted by atomic mass is 9.99. The standard InChI is InChI=1S/C55H102O10/c1-3-5-7-9-11-13-15-17-19-21-22-23-24-25-26-27-28-30-31-33-35-37-39-41-43-50(57)62-46-48(47-63-55-54(61)53(60)52(59)49(45-56)65-55)64-51(58)44-42-40-38-36-34-32-29-20-18-16-14-12-10-8-6-4-2/h14,16,20,29,48-49,52-56,59-61H,3-13,15,17-19,21-28,30-47H2,1-2H3/b16-14-,29-20-. The molecule has 1 rings (SSSR count). The number of allylic oxidation sites excluding steroid dienone is 4. The predicted octanol–water partition coefficient (Wildman–Crippen LogP) is 13.2. The number of hydrogen-bond donors (Lipinski definition) is 4. The summed E-state index contributed by atoms with van der Waals surface area (Å²) in [7, 11) is 0. The third kappa shape index (κ3) is 36.8. The van der Waals surface area contributed by atoms with Gasteiger partial charge >= 0.3 is 11.9 Å². The van der Waals surface area contributed by atoms with Gasteiger partial charge in [-0.25, -0.2) is 0 Å². The van der Waals surface area contributed by atoms with Gasteiger partial charge in [-0.2, -0.15) is 0 Å². The van der Waals surface area contributed by atoms with Gasteiger partial charge in [-0.05, 0) is 44.9 Å². The average molecular weight is 923 g/mol. The van der Waals surface area contributed by atoms with Crippen molar-refractivity contribution in [1.82, 2.24) is 0 Å². The first-order chi connectivity index (χ1) is 31.8. The van der Waals surface area contributed by atoms with Crippen molar-refractivity contribution in [2.75, 3.05) is 19.8 Å². The summed E-state index contributed by atoms with van der Waals surface area (Å²) in [6.45, 7) is 3.44. The zero-order valence-electron chi connectivity index (χ0n) is 42.0. The minimum absolute atomic E-state index is 0.217. The molecular weight excluding hydrogens is 821 g/mol. The van der Waals surface area contributed by atoms with Gasteiger partial charge in [-0.15, -0.1) is 0 Å². The van der Waals surface area contributed by atoms with Gasteiger partial charge in [0, 0.05) is 12.8 Å². The fourth-order valence-electron chi connectivity index (χ4n) is 8.52. The first-order valence-electron chi connectivity index (χ1n) is 27.4. The normalized spacial score (nSPS) is 19.4. The molecule has 1 aliphatic heterocycles. The summed E-state index contributed by atoms with van der Waals surface area (Å²) in [5.74, 6) is -0.809. The fraction of sp³-hybridized carbons (Fsp3) is 0.891. The quantitative estimate of drug-likeness (QED) is 0.0264. The Morgan fingerprint density at radius 3 is 1.29 bits per heavy atom. The zero-order valence-corrected chi connectivity index (χ0v) is 42.0. The van der Waals surface area contributed by atoms with E-state index in [9.17, 15) is 30.0 Å². The van der Waals surface area contributed by atoms with Gasteiger partial charge in [0.2, 0.25) is 0 Å². The zero-order chi connectivity index (χ0) is 47.3. The van der Waals surface area contributed by atoms with Crippen LogP contribution in [0.25, 0.3) is 0 Å². The molecule has 4 N–H and O–H groups in total. The van der Waals surface area contributed by atoms with E-state index in [1.165, 1.54) is 167 Å². The Morgan fingerprint density at radius 2 is 0.862 bits per heavy atom. The Bertz CT molecular complexity index is 1110. The van der Waals surface area contributed by atoms with Crippen molar-refractivity contribution in [2.24, 2.45) is 0 Å². The Labute approximate surface area is 398 Å². The van der Waals surface area contributed by atoms with Crippen LogP contribution < -0.4 is 0 Å². The van der Waals surface area contributed by atoms with E-state index in [-0.39, 0.29) is 32.0 Å². The number of unbranched alkanes of at least 4 members (excludes halogenated alkanes) is 32. The Balaban J connectivity index is 2.20. The Kier molecular flexibility index (Phi) is 43.2. The van der Waals surface area contributed by atoms with Gasteiger partial charge in [-0.3, -0.25) is 9.59 Å². The van der Waals surface area contributed by atoms with Gasteiger partial charge in [0.05, 0.1) is 13.2 Å². The van der Waals surface area contributed by atoms with E-state index in [4.69, 9.17) is 18.9 Å². The molecule has 10 heteroatoms. The Hall–Kier alpha value is -1.82. The fourth-order valence-corrected chi connectivity index (χ4v) is 8.52. The summed E-state index contributed by atoms with van der Waals surface area (Å²) >= 11 is 0. The van der Waals surface area contributed by atoms with E-state index >= 15 is 0 Å². The number of aliphatic hydroxyl groups is 4. The molecule has 0 radical (unpaired) electrons. The highest BCUT2D eigenvalue weighted by Gasteiger charge is 2.44. The largest absolute Gasteiger partial charge is 0.462 e. The third-order valence-corrected chi connectivity index (χ3v) is 12.8. The van der Waals surface area contributed by atoms with E-state index in [1.807, 2.05) is 0 Å². The van der Waals surface area contributed by atoms with E-state index < -0.39 is 49.4 Å². The van der Waals surface area contributed by atoms with Crippen LogP contribution in [0.15, 0.2) is 24.3 Å². The molecule has 0 aliphatic carbocycles. The summed E-state index contributed by atoms with van der Waals surface area (Å²) in [6.07, 6.45) is 46.2. The van der Waals surface area contributed by atoms with Crippen molar-refractivity contribution < 1.29 is 49.0 Å². The van der Waals surface area contributed by atoms with Crippen LogP contribution in [0.4, 0.5) is 0 Å². The lowest BCUT2D eigenvalue weighted by Gasteiger charge is -2.39. The minimum atomic E-state index is -1.60. The molecule has 0 aromatic carbocycles. The second kappa shape index (κ2) is 45.9. The summed E-state index contributed by atoms with van der Waals surface area (Å²) in [6, 6.07) is 0. The van der Waals surface area contributed by atoms with Crippen LogP contribution >= 0.6 is 0 Å². The summed E-state index contributed by atoms with van der Waals surface area (Å²) in [5, 5.41) is 40.2. The molecule has 0 aromatic rings. The highest BCUT2D eigenvalue weighted by molar-refractivity contribution is 5.70. The molecule has 1 fully saturated rings. The predicted molar refractivity (Wildman–Crippen MR) is 266 cm³/mol. The van der Waals surface area contributed by atoms with E-state index in [2.05, 4.69) is 38.2 Å². The Morgan fingerprint density at radius 1 is 0.477 bits per heavy atom. The molecule has 0 bridgehead atoms. The van der Waals surface area contributed by atoms with Gasteiger partial charge in [0.15, 0.2) is 12.4 Å². The number of carbonyl (C=O) groups is 2. The molecule has 0 aromatic heterocycles. The van der Waals surface area contributed by atoms with Crippen molar-refractivity contribution in [1.29, 1.82) is 0 Å². The SMILES string of the molecule is CCCCCC/C=C\C/C=C\CCCCCCCC(=O)OC(COC(=O)CCCCCCCCCCCCCCCCCCCCCCCCCC)COC1OC(CO)C(O)C(O)C1O. The van der Waals surface area contributed by atoms with Gasteiger partial charge in [-0.1, -0.05) is 224 Å². The highest BCUT2D eigenvalue weighted by atomic mass is 16.7. The van der Waals surface area contributed by atoms with Crippen LogP contribution in [0, 0.1) is 0 Å². The van der Waals surface area contributed by atoms with Crippen LogP contribution in [-0.2, 0) is 28.5 Å². The topological polar surface area (TPSA) is 152 Å². The number of rotatable bonds is 47. The molecular formula is C55H102O10. The molecule has 0 saturated carbocycles. The van der Waals surface area contributed by atoms with Crippen LogP contribution in [0.1, 0.15) is 258 Å². The molecule has 0 spiro atoms. The molecule has 382 valence electrons. The van der Waals surface area contributed by atoms with Crippen LogP contribution in [-0.4, -0.2) is 89.0 Å². The maximum absolute atomic E-state index is 12.8. The molecule has 10 nitrogen and oxygen atoms in total. The molecule has 1 heterocycles. The van der Waals surface area contributed by atoms with Crippen LogP contribution in [0.3, 0.4) is 0 Å². The van der Waals surface area contributed by atoms with E-state index in [1.54, 1.807) is 0 Å². The highest BCUT2D eigenvalue weighted by Crippen LogP contribution is 2.23. The second-order valence-electron chi connectivity index (χ2n) is 19.0. The minimum Gasteiger partial charge on any atom is -0.462 e. The number of aliphatic hydroxyl groups excluding tert-OH is 4. The molecule has 1 saturated heterocycles. The van der Waals surface area contributed by atoms with Gasteiger partial charge < -0.3 is 39.4 Å². The molecule has 1 aliphatic rings. The maximum Gasteiger partial charge on any atom is 0.306 e. The first kappa shape index (κ1) is 61.2. The summed E-state index contributed by atoms with van der Waals surface area (Å²) < 4.78 is 22.3. The lowest BCUT2D eigenvalue weighted by molar-refractivity contribution is -0.305. The molecule has 0 amide bonds. The van der Waals surface area contributed by atoms with E-state index in [0.717, 1.165) is 57.8 Å². The van der Waals surface area contributed by atoms with Crippen molar-refractivity contribution in [3.8, 4) is 0 Å². The van der Waals surface area contributed by atoms with Crippen molar-refractivity contribution >= 4 is 11.9 Å². The third-order valence-electron chi connectivity index (χ3n) is 12.8. The molecule has 65 heavy (non-hydrogen) atoms. The monoisotopic (exact) mass is 923 g/mol. The smallest absolute Gasteiger partial charge is 0.306 e. The summed E-state index contributed by atoms with van der Waals surface area (Å²) in [4.78, 5) is 25.5. The molecule has 6 unspecified atom stereocenters. The molecule has 6 atom stereocenters. The lowest BCUT2D eigenvalue weighted by Crippen LogP contribution is -2.59. The number of carbonyl (C=O) groups excluding carboxylic acids is 2. The maximum atomic E-state index is 12.8. The number of hydrogen-bond acceptors (Lipinski definition) is 10.